The molecule has 1 amide bonds. The van der Waals surface area contributed by atoms with Crippen LogP contribution in [-0.4, -0.2) is 38.5 Å². The van der Waals surface area contributed by atoms with Crippen LogP contribution in [0.3, 0.4) is 0 Å². The van der Waals surface area contributed by atoms with Gasteiger partial charge in [-0.3, -0.25) is 9.78 Å². The van der Waals surface area contributed by atoms with E-state index in [9.17, 15) is 9.90 Å². The first-order valence-corrected chi connectivity index (χ1v) is 8.72. The van der Waals surface area contributed by atoms with Crippen LogP contribution in [0.25, 0.3) is 22.2 Å². The van der Waals surface area contributed by atoms with Gasteiger partial charge >= 0.3 is 0 Å². The minimum atomic E-state index is -0.701. The number of benzene rings is 1. The van der Waals surface area contributed by atoms with Gasteiger partial charge in [0.1, 0.15) is 22.8 Å². The third-order valence-electron chi connectivity index (χ3n) is 4.52. The monoisotopic (exact) mass is 369 g/mol. The molecule has 2 heterocycles. The molecule has 0 radical (unpaired) electrons. The van der Waals surface area contributed by atoms with Crippen LogP contribution < -0.4 is 16.2 Å². The van der Waals surface area contributed by atoms with Crippen LogP contribution >= 0.6 is 0 Å². The largest absolute Gasteiger partial charge is 0.494 e. The number of ether oxygens (including phenoxy) is 1. The fraction of sp³-hybridized carbons (Fsp3) is 0.316. The maximum atomic E-state index is 12.0. The number of aliphatic hydroxyl groups is 1. The zero-order valence-corrected chi connectivity index (χ0v) is 15.5. The summed E-state index contributed by atoms with van der Waals surface area (Å²) in [7, 11) is 0. The topological polar surface area (TPSA) is 129 Å². The highest BCUT2D eigenvalue weighted by Crippen LogP contribution is 2.31. The number of nitrogens with two attached hydrogens (primary N) is 2. The molecule has 0 spiro atoms. The first-order chi connectivity index (χ1) is 12.8. The standard InChI is InChI=1S/C19H23N5O3/c1-4-27-14-6-5-12-7-13(9-22-15(12)8-14)17-16(19(21)26)18(20)24(23-17)10(2)11(3)25/h5-11,25H,4,20H2,1-3H3,(H2,21,26). The first kappa shape index (κ1) is 18.7. The summed E-state index contributed by atoms with van der Waals surface area (Å²) in [6, 6.07) is 7.04. The number of carbonyl (C=O) groups excluding carboxylic acids is 1. The van der Waals surface area contributed by atoms with Crippen LogP contribution in [-0.2, 0) is 0 Å². The first-order valence-electron chi connectivity index (χ1n) is 8.72. The molecule has 142 valence electrons. The lowest BCUT2D eigenvalue weighted by molar-refractivity contribution is 0.100. The van der Waals surface area contributed by atoms with Gasteiger partial charge < -0.3 is 21.3 Å². The molecule has 3 rings (SSSR count). The summed E-state index contributed by atoms with van der Waals surface area (Å²) in [6.07, 6.45) is 0.913. The number of hydrogen-bond donors (Lipinski definition) is 3. The van der Waals surface area contributed by atoms with Crippen LogP contribution in [0.5, 0.6) is 5.75 Å². The van der Waals surface area contributed by atoms with Gasteiger partial charge in [0.15, 0.2) is 0 Å². The summed E-state index contributed by atoms with van der Waals surface area (Å²) in [4.78, 5) is 16.4. The van der Waals surface area contributed by atoms with Crippen molar-refractivity contribution in [2.45, 2.75) is 32.9 Å². The van der Waals surface area contributed by atoms with E-state index in [-0.39, 0.29) is 11.4 Å². The van der Waals surface area contributed by atoms with Crippen molar-refractivity contribution in [2.75, 3.05) is 12.3 Å². The van der Waals surface area contributed by atoms with E-state index in [0.29, 0.717) is 17.9 Å². The lowest BCUT2D eigenvalue weighted by atomic mass is 10.1. The van der Waals surface area contributed by atoms with Crippen LogP contribution in [0.15, 0.2) is 30.5 Å². The number of aromatic nitrogens is 3. The Kier molecular flexibility index (Phi) is 5.00. The predicted molar refractivity (Wildman–Crippen MR) is 103 cm³/mol. The number of hydrogen-bond acceptors (Lipinski definition) is 6. The zero-order chi connectivity index (χ0) is 19.7. The Balaban J connectivity index is 2.13. The SMILES string of the molecule is CCOc1ccc2cc(-c3nn(C(C)C(C)O)c(N)c3C(N)=O)cnc2c1. The Morgan fingerprint density at radius 1 is 1.33 bits per heavy atom. The summed E-state index contributed by atoms with van der Waals surface area (Å²) in [5.74, 6) is 0.179. The van der Waals surface area contributed by atoms with Gasteiger partial charge in [0.2, 0.25) is 0 Å². The van der Waals surface area contributed by atoms with Crippen LogP contribution in [0.4, 0.5) is 5.82 Å². The van der Waals surface area contributed by atoms with E-state index in [2.05, 4.69) is 10.1 Å². The molecule has 3 aromatic rings. The maximum absolute atomic E-state index is 12.0. The van der Waals surface area contributed by atoms with Gasteiger partial charge in [-0.25, -0.2) is 4.68 Å². The van der Waals surface area contributed by atoms with Crippen molar-refractivity contribution in [2.24, 2.45) is 5.73 Å². The lowest BCUT2D eigenvalue weighted by Gasteiger charge is -2.16. The number of anilines is 1. The number of pyridine rings is 1. The molecule has 2 unspecified atom stereocenters. The molecule has 2 atom stereocenters. The number of fused-ring (bicyclic) bond motifs is 1. The number of nitrogen functional groups attached to an aromatic ring is 1. The van der Waals surface area contributed by atoms with E-state index < -0.39 is 18.1 Å². The molecule has 0 aliphatic heterocycles. The quantitative estimate of drug-likeness (QED) is 0.610. The minimum Gasteiger partial charge on any atom is -0.494 e. The molecule has 0 fully saturated rings. The van der Waals surface area contributed by atoms with Gasteiger partial charge in [-0.15, -0.1) is 0 Å². The molecule has 5 N–H and O–H groups in total. The molecule has 1 aromatic carbocycles. The van der Waals surface area contributed by atoms with E-state index in [1.807, 2.05) is 31.2 Å². The Hall–Kier alpha value is -3.13. The molecule has 0 saturated heterocycles. The van der Waals surface area contributed by atoms with Gasteiger partial charge in [-0.1, -0.05) is 0 Å². The van der Waals surface area contributed by atoms with E-state index >= 15 is 0 Å². The van der Waals surface area contributed by atoms with E-state index in [1.54, 1.807) is 20.0 Å². The second-order valence-corrected chi connectivity index (χ2v) is 6.41. The number of aliphatic hydroxyl groups excluding tert-OH is 1. The Morgan fingerprint density at radius 3 is 2.70 bits per heavy atom. The summed E-state index contributed by atoms with van der Waals surface area (Å²) < 4.78 is 6.91. The predicted octanol–water partition coefficient (Wildman–Crippen LogP) is 2.12. The molecule has 0 aliphatic rings. The van der Waals surface area contributed by atoms with Gasteiger partial charge in [-0.2, -0.15) is 5.10 Å². The van der Waals surface area contributed by atoms with Gasteiger partial charge in [0.25, 0.3) is 5.91 Å². The molecule has 0 aliphatic carbocycles. The Bertz CT molecular complexity index is 996. The normalized spacial score (nSPS) is 13.5. The average molecular weight is 369 g/mol. The Labute approximate surface area is 156 Å². The maximum Gasteiger partial charge on any atom is 0.254 e. The number of rotatable bonds is 6. The van der Waals surface area contributed by atoms with Gasteiger partial charge in [0.05, 0.1) is 24.3 Å². The molecular weight excluding hydrogens is 346 g/mol. The Morgan fingerprint density at radius 2 is 2.07 bits per heavy atom. The highest BCUT2D eigenvalue weighted by molar-refractivity contribution is 6.03. The van der Waals surface area contributed by atoms with Crippen molar-refractivity contribution >= 4 is 22.6 Å². The summed E-state index contributed by atoms with van der Waals surface area (Å²) in [5.41, 5.74) is 13.5. The zero-order valence-electron chi connectivity index (χ0n) is 15.5. The minimum absolute atomic E-state index is 0.120. The number of carbonyl (C=O) groups is 1. The van der Waals surface area contributed by atoms with E-state index in [4.69, 9.17) is 16.2 Å². The van der Waals surface area contributed by atoms with Crippen LogP contribution in [0.2, 0.25) is 0 Å². The molecule has 2 aromatic heterocycles. The molecule has 27 heavy (non-hydrogen) atoms. The summed E-state index contributed by atoms with van der Waals surface area (Å²) >= 11 is 0. The second-order valence-electron chi connectivity index (χ2n) is 6.41. The van der Waals surface area contributed by atoms with Crippen molar-refractivity contribution < 1.29 is 14.6 Å². The lowest BCUT2D eigenvalue weighted by Crippen LogP contribution is -2.22. The second kappa shape index (κ2) is 7.24. The van der Waals surface area contributed by atoms with Crippen molar-refractivity contribution in [3.05, 3.63) is 36.0 Å². The molecule has 0 saturated carbocycles. The summed E-state index contributed by atoms with van der Waals surface area (Å²) in [6.45, 7) is 5.88. The van der Waals surface area contributed by atoms with Crippen molar-refractivity contribution in [3.8, 4) is 17.0 Å². The van der Waals surface area contributed by atoms with Gasteiger partial charge in [0, 0.05) is 23.2 Å². The fourth-order valence-electron chi connectivity index (χ4n) is 2.89. The molecule has 8 heteroatoms. The molecule has 0 bridgehead atoms. The van der Waals surface area contributed by atoms with Crippen molar-refractivity contribution in [1.29, 1.82) is 0 Å². The smallest absolute Gasteiger partial charge is 0.254 e. The fourth-order valence-corrected chi connectivity index (χ4v) is 2.89. The molecule has 8 nitrogen and oxygen atoms in total. The van der Waals surface area contributed by atoms with Crippen molar-refractivity contribution in [1.82, 2.24) is 14.8 Å². The average Bonchev–Trinajstić information content (AvgIpc) is 2.98. The highest BCUT2D eigenvalue weighted by Gasteiger charge is 2.25. The molecular formula is C19H23N5O3. The van der Waals surface area contributed by atoms with Crippen molar-refractivity contribution in [3.63, 3.8) is 0 Å². The van der Waals surface area contributed by atoms with Gasteiger partial charge in [-0.05, 0) is 39.0 Å². The van der Waals surface area contributed by atoms with E-state index in [0.717, 1.165) is 16.7 Å². The van der Waals surface area contributed by atoms with Crippen LogP contribution in [0, 0.1) is 0 Å². The van der Waals surface area contributed by atoms with Crippen LogP contribution in [0.1, 0.15) is 37.2 Å². The summed E-state index contributed by atoms with van der Waals surface area (Å²) in [5, 5.41) is 15.2. The highest BCUT2D eigenvalue weighted by atomic mass is 16.5. The number of primary amides is 1. The van der Waals surface area contributed by atoms with E-state index in [1.165, 1.54) is 4.68 Å². The number of nitrogens with zero attached hydrogens (tertiary/aromatic N) is 3. The number of amides is 1. The third kappa shape index (κ3) is 3.43. The third-order valence-corrected chi connectivity index (χ3v) is 4.52.